The number of carbonyl (C=O) groups is 1. The van der Waals surface area contributed by atoms with Gasteiger partial charge in [-0.1, -0.05) is 24.1 Å². The van der Waals surface area contributed by atoms with Crippen molar-refractivity contribution in [3.05, 3.63) is 46.3 Å². The average molecular weight is 531 g/mol. The van der Waals surface area contributed by atoms with E-state index >= 15 is 0 Å². The summed E-state index contributed by atoms with van der Waals surface area (Å²) in [6.07, 6.45) is 1.76. The Morgan fingerprint density at radius 2 is 2.13 bits per heavy atom. The molecule has 5 atom stereocenters. The van der Waals surface area contributed by atoms with Gasteiger partial charge < -0.3 is 33.7 Å². The van der Waals surface area contributed by atoms with Gasteiger partial charge in [-0.25, -0.2) is 9.59 Å². The van der Waals surface area contributed by atoms with Gasteiger partial charge in [0.1, 0.15) is 42.5 Å². The summed E-state index contributed by atoms with van der Waals surface area (Å²) in [5.74, 6) is 1.49. The van der Waals surface area contributed by atoms with E-state index in [1.54, 1.807) is 20.8 Å². The number of terminal acetylenes is 1. The number of aryl methyl sites for hydroxylation is 1. The highest BCUT2D eigenvalue weighted by Gasteiger charge is 2.51. The van der Waals surface area contributed by atoms with Crippen LogP contribution in [0.5, 0.6) is 11.5 Å². The number of oxime groups is 1. The van der Waals surface area contributed by atoms with E-state index in [9.17, 15) is 19.8 Å². The quantitative estimate of drug-likeness (QED) is 0.116. The van der Waals surface area contributed by atoms with Crippen LogP contribution in [0.3, 0.4) is 0 Å². The van der Waals surface area contributed by atoms with Crippen LogP contribution < -0.4 is 15.8 Å². The van der Waals surface area contributed by atoms with E-state index in [4.69, 9.17) is 29.9 Å². The maximum atomic E-state index is 12.6. The zero-order valence-corrected chi connectivity index (χ0v) is 21.6. The van der Waals surface area contributed by atoms with Crippen LogP contribution in [0.25, 0.3) is 11.0 Å². The zero-order valence-electron chi connectivity index (χ0n) is 21.6. The SMILES string of the molecule is C#CCONC(=O)O[C@@H]1[C@@H](C)[C@](C)(C=C)OC(Oc2ccc3c(O)c(/C(C)=N/OC)c(=O)oc3c2C)[C@@H]1O. The molecule has 1 saturated heterocycles. The highest BCUT2D eigenvalue weighted by Crippen LogP contribution is 2.39. The Balaban J connectivity index is 1.96. The first-order chi connectivity index (χ1) is 18.0. The fraction of sp³-hybridized carbons (Fsp3) is 0.423. The van der Waals surface area contributed by atoms with Crippen LogP contribution >= 0.6 is 0 Å². The van der Waals surface area contributed by atoms with Gasteiger partial charge in [-0.15, -0.1) is 13.0 Å². The number of benzene rings is 1. The van der Waals surface area contributed by atoms with Gasteiger partial charge in [0, 0.05) is 11.5 Å². The predicted octanol–water partition coefficient (Wildman–Crippen LogP) is 2.51. The van der Waals surface area contributed by atoms with Gasteiger partial charge in [-0.05, 0) is 32.9 Å². The molecule has 0 radical (unpaired) electrons. The summed E-state index contributed by atoms with van der Waals surface area (Å²) in [5, 5.41) is 25.7. The number of hydrogen-bond acceptors (Lipinski definition) is 11. The van der Waals surface area contributed by atoms with Crippen LogP contribution in [-0.4, -0.2) is 59.8 Å². The first-order valence-electron chi connectivity index (χ1n) is 11.5. The lowest BCUT2D eigenvalue weighted by molar-refractivity contribution is -0.275. The largest absolute Gasteiger partial charge is 0.506 e. The monoisotopic (exact) mass is 530 g/mol. The molecule has 2 aromatic rings. The molecule has 3 rings (SSSR count). The minimum absolute atomic E-state index is 0.0574. The highest BCUT2D eigenvalue weighted by atomic mass is 16.7. The molecule has 1 fully saturated rings. The van der Waals surface area contributed by atoms with Gasteiger partial charge >= 0.3 is 11.7 Å². The van der Waals surface area contributed by atoms with Crippen molar-refractivity contribution in [1.29, 1.82) is 0 Å². The minimum Gasteiger partial charge on any atom is -0.506 e. The van der Waals surface area contributed by atoms with Crippen LogP contribution in [0.1, 0.15) is 31.9 Å². The van der Waals surface area contributed by atoms with E-state index < -0.39 is 41.7 Å². The van der Waals surface area contributed by atoms with Crippen molar-refractivity contribution in [2.75, 3.05) is 13.7 Å². The van der Waals surface area contributed by atoms with E-state index in [0.29, 0.717) is 5.56 Å². The Kier molecular flexibility index (Phi) is 8.67. The molecule has 1 aliphatic rings. The van der Waals surface area contributed by atoms with Crippen molar-refractivity contribution in [3.63, 3.8) is 0 Å². The first-order valence-corrected chi connectivity index (χ1v) is 11.5. The molecule has 2 heterocycles. The van der Waals surface area contributed by atoms with E-state index in [-0.39, 0.29) is 40.4 Å². The number of amides is 1. The summed E-state index contributed by atoms with van der Waals surface area (Å²) in [6, 6.07) is 2.99. The number of carbonyl (C=O) groups excluding carboxylic acids is 1. The predicted molar refractivity (Wildman–Crippen MR) is 136 cm³/mol. The summed E-state index contributed by atoms with van der Waals surface area (Å²) in [4.78, 5) is 34.3. The number of aromatic hydroxyl groups is 1. The van der Waals surface area contributed by atoms with Gasteiger partial charge in [-0.2, -0.15) is 5.48 Å². The van der Waals surface area contributed by atoms with E-state index in [2.05, 4.69) is 22.5 Å². The molecule has 1 unspecified atom stereocenters. The number of aliphatic hydroxyl groups is 1. The summed E-state index contributed by atoms with van der Waals surface area (Å²) in [7, 11) is 1.31. The number of hydroxylamine groups is 1. The normalized spacial score (nSPS) is 25.3. The zero-order chi connectivity index (χ0) is 28.2. The van der Waals surface area contributed by atoms with Crippen LogP contribution in [-0.2, 0) is 19.1 Å². The Bertz CT molecular complexity index is 1340. The van der Waals surface area contributed by atoms with Crippen molar-refractivity contribution >= 4 is 22.8 Å². The number of ether oxygens (including phenoxy) is 3. The molecule has 1 aromatic heterocycles. The van der Waals surface area contributed by atoms with Crippen molar-refractivity contribution in [2.24, 2.45) is 11.1 Å². The summed E-state index contributed by atoms with van der Waals surface area (Å²) < 4.78 is 22.9. The van der Waals surface area contributed by atoms with Gasteiger partial charge in [0.15, 0.2) is 6.10 Å². The van der Waals surface area contributed by atoms with Crippen molar-refractivity contribution in [2.45, 2.75) is 51.8 Å². The Morgan fingerprint density at radius 1 is 1.42 bits per heavy atom. The second kappa shape index (κ2) is 11.6. The smallest absolute Gasteiger partial charge is 0.431 e. The molecule has 3 N–H and O–H groups in total. The van der Waals surface area contributed by atoms with Gasteiger partial charge in [0.05, 0.1) is 16.7 Å². The van der Waals surface area contributed by atoms with E-state index in [0.717, 1.165) is 0 Å². The number of aliphatic hydroxyl groups excluding tert-OH is 1. The maximum Gasteiger partial charge on any atom is 0.431 e. The van der Waals surface area contributed by atoms with Crippen molar-refractivity contribution in [3.8, 4) is 23.8 Å². The molecule has 0 bridgehead atoms. The van der Waals surface area contributed by atoms with Gasteiger partial charge in [0.2, 0.25) is 6.29 Å². The van der Waals surface area contributed by atoms with Crippen molar-refractivity contribution < 1.29 is 43.3 Å². The molecule has 0 saturated carbocycles. The minimum atomic E-state index is -1.44. The molecule has 12 nitrogen and oxygen atoms in total. The number of nitrogens with zero attached hydrogens (tertiary/aromatic N) is 1. The molecule has 0 spiro atoms. The standard InChI is InChI=1S/C26H30N2O10/c1-8-12-34-28-25(32)37-22-14(4)26(6,9-2)38-24(20(22)30)35-17-11-10-16-19(29)18(15(5)27-33-7)23(31)36-21(16)13(17)3/h1,9-11,14,20,22,24,29-30H,2,12H2,3-7H3,(H,28,32)/b27-15+/t14-,20-,22-,24?,26+/m1/s1. The van der Waals surface area contributed by atoms with E-state index in [1.807, 2.05) is 5.48 Å². The average Bonchev–Trinajstić information content (AvgIpc) is 2.87. The van der Waals surface area contributed by atoms with Crippen LogP contribution in [0, 0.1) is 25.2 Å². The molecule has 38 heavy (non-hydrogen) atoms. The van der Waals surface area contributed by atoms with Crippen LogP contribution in [0.2, 0.25) is 0 Å². The fourth-order valence-corrected chi connectivity index (χ4v) is 4.11. The Morgan fingerprint density at radius 3 is 2.76 bits per heavy atom. The van der Waals surface area contributed by atoms with Crippen LogP contribution in [0.4, 0.5) is 4.79 Å². The topological polar surface area (TPSA) is 158 Å². The molecular formula is C26H30N2O10. The van der Waals surface area contributed by atoms with Gasteiger partial charge in [-0.3, -0.25) is 4.84 Å². The molecule has 0 aliphatic carbocycles. The Labute approximate surface area is 218 Å². The maximum absolute atomic E-state index is 12.6. The lowest BCUT2D eigenvalue weighted by Crippen LogP contribution is -2.61. The lowest BCUT2D eigenvalue weighted by atomic mass is 9.81. The summed E-state index contributed by atoms with van der Waals surface area (Å²) in [6.45, 7) is 10.1. The molecule has 1 aromatic carbocycles. The summed E-state index contributed by atoms with van der Waals surface area (Å²) in [5.41, 5.74) is 0.529. The number of hydrogen-bond donors (Lipinski definition) is 3. The molecule has 204 valence electrons. The van der Waals surface area contributed by atoms with Crippen LogP contribution in [0.15, 0.2) is 39.2 Å². The second-order valence-corrected chi connectivity index (χ2v) is 8.77. The number of rotatable bonds is 8. The third kappa shape index (κ3) is 5.45. The molecular weight excluding hydrogens is 500 g/mol. The Hall–Kier alpha value is -4.05. The second-order valence-electron chi connectivity index (χ2n) is 8.77. The molecule has 1 amide bonds. The fourth-order valence-electron chi connectivity index (χ4n) is 4.11. The summed E-state index contributed by atoms with van der Waals surface area (Å²) >= 11 is 0. The third-order valence-corrected chi connectivity index (χ3v) is 6.42. The highest BCUT2D eigenvalue weighted by molar-refractivity contribution is 6.04. The first kappa shape index (κ1) is 28.5. The van der Waals surface area contributed by atoms with Crippen molar-refractivity contribution in [1.82, 2.24) is 5.48 Å². The molecule has 1 aliphatic heterocycles. The van der Waals surface area contributed by atoms with Gasteiger partial charge in [0.25, 0.3) is 0 Å². The number of fused-ring (bicyclic) bond motifs is 1. The molecule has 12 heteroatoms. The van der Waals surface area contributed by atoms with E-state index in [1.165, 1.54) is 32.2 Å². The number of nitrogens with one attached hydrogen (secondary N) is 1. The third-order valence-electron chi connectivity index (χ3n) is 6.42. The lowest BCUT2D eigenvalue weighted by Gasteiger charge is -2.47.